The summed E-state index contributed by atoms with van der Waals surface area (Å²) >= 11 is 0. The SMILES string of the molecule is CO[C@H]1CN(c2cnc3[nH]nc(N(C)C)c3c2)CC[C@@H]1N(C)C(=O)Nc1cc(C(F)(F)F)cn(C)c1=O. The van der Waals surface area contributed by atoms with Gasteiger partial charge in [0.15, 0.2) is 11.5 Å². The van der Waals surface area contributed by atoms with Crippen LogP contribution in [-0.4, -0.2) is 84.2 Å². The van der Waals surface area contributed by atoms with Crippen LogP contribution in [0.1, 0.15) is 12.0 Å². The van der Waals surface area contributed by atoms with Crippen LogP contribution in [0.2, 0.25) is 0 Å². The van der Waals surface area contributed by atoms with E-state index in [4.69, 9.17) is 4.74 Å². The number of H-pyrrole nitrogens is 1. The fourth-order valence-electron chi connectivity index (χ4n) is 4.52. The van der Waals surface area contributed by atoms with E-state index in [1.807, 2.05) is 25.1 Å². The number of aryl methyl sites for hydroxylation is 1. The van der Waals surface area contributed by atoms with Gasteiger partial charge in [-0.1, -0.05) is 0 Å². The summed E-state index contributed by atoms with van der Waals surface area (Å²) in [5, 5.41) is 10.4. The maximum atomic E-state index is 13.2. The molecule has 14 heteroatoms. The van der Waals surface area contributed by atoms with Crippen LogP contribution in [0, 0.1) is 0 Å². The normalized spacial score (nSPS) is 18.2. The molecule has 3 aromatic heterocycles. The number of likely N-dealkylation sites (N-methyl/N-ethyl adjacent to an activating group) is 1. The number of halogens is 3. The van der Waals surface area contributed by atoms with E-state index in [9.17, 15) is 22.8 Å². The van der Waals surface area contributed by atoms with E-state index in [0.717, 1.165) is 21.5 Å². The first kappa shape index (κ1) is 26.3. The molecule has 0 radical (unpaired) electrons. The lowest BCUT2D eigenvalue weighted by atomic mass is 10.00. The molecule has 2 atom stereocenters. The zero-order valence-electron chi connectivity index (χ0n) is 21.1. The smallest absolute Gasteiger partial charge is 0.377 e. The van der Waals surface area contributed by atoms with Gasteiger partial charge in [-0.05, 0) is 18.6 Å². The summed E-state index contributed by atoms with van der Waals surface area (Å²) in [6.07, 6.45) is -2.11. The van der Waals surface area contributed by atoms with Crippen molar-refractivity contribution in [1.29, 1.82) is 0 Å². The summed E-state index contributed by atoms with van der Waals surface area (Å²) in [5.41, 5.74) is -0.681. The minimum absolute atomic E-state index is 0.376. The maximum Gasteiger partial charge on any atom is 0.417 e. The minimum atomic E-state index is -4.66. The Morgan fingerprint density at radius 2 is 2.00 bits per heavy atom. The summed E-state index contributed by atoms with van der Waals surface area (Å²) in [5.74, 6) is 0.764. The number of ether oxygens (including phenoxy) is 1. The molecule has 0 bridgehead atoms. The Kier molecular flexibility index (Phi) is 7.04. The fourth-order valence-corrected chi connectivity index (χ4v) is 4.52. The molecule has 1 aliphatic rings. The minimum Gasteiger partial charge on any atom is -0.377 e. The van der Waals surface area contributed by atoms with Crippen LogP contribution < -0.4 is 20.7 Å². The number of fused-ring (bicyclic) bond motifs is 1. The molecule has 2 N–H and O–H groups in total. The van der Waals surface area contributed by atoms with Gasteiger partial charge in [0.1, 0.15) is 5.69 Å². The van der Waals surface area contributed by atoms with Crippen molar-refractivity contribution in [3.8, 4) is 0 Å². The van der Waals surface area contributed by atoms with Crippen molar-refractivity contribution in [3.63, 3.8) is 0 Å². The maximum absolute atomic E-state index is 13.2. The Hall–Kier alpha value is -3.81. The molecule has 11 nitrogen and oxygen atoms in total. The third-order valence-corrected chi connectivity index (χ3v) is 6.57. The van der Waals surface area contributed by atoms with Crippen LogP contribution in [-0.2, 0) is 18.0 Å². The van der Waals surface area contributed by atoms with E-state index in [1.54, 1.807) is 6.20 Å². The highest BCUT2D eigenvalue weighted by molar-refractivity contribution is 5.90. The molecule has 0 saturated carbocycles. The molecule has 1 saturated heterocycles. The van der Waals surface area contributed by atoms with Crippen LogP contribution in [0.5, 0.6) is 0 Å². The van der Waals surface area contributed by atoms with Crippen molar-refractivity contribution in [3.05, 3.63) is 40.4 Å². The average Bonchev–Trinajstić information content (AvgIpc) is 3.28. The standard InChI is InChI=1S/C23H29F3N8O3/c1-31(2)20-15-9-14(10-27-19(15)29-30-20)34-7-6-17(18(12-34)37-5)33(4)22(36)28-16-8-13(23(24,25)26)11-32(3)21(16)35/h8-11,17-18H,6-7,12H2,1-5H3,(H,28,36)(H,27,29,30)/t17-,18-/m0/s1. The van der Waals surface area contributed by atoms with Gasteiger partial charge in [0.25, 0.3) is 5.56 Å². The highest BCUT2D eigenvalue weighted by Crippen LogP contribution is 2.31. The van der Waals surface area contributed by atoms with Crippen molar-refractivity contribution in [1.82, 2.24) is 24.6 Å². The van der Waals surface area contributed by atoms with Crippen molar-refractivity contribution in [2.24, 2.45) is 7.05 Å². The number of pyridine rings is 2. The molecule has 37 heavy (non-hydrogen) atoms. The van der Waals surface area contributed by atoms with E-state index in [1.165, 1.54) is 26.1 Å². The second-order valence-corrected chi connectivity index (χ2v) is 9.20. The Balaban J connectivity index is 1.50. The van der Waals surface area contributed by atoms with Gasteiger partial charge in [-0.15, -0.1) is 0 Å². The molecule has 1 aliphatic heterocycles. The number of nitrogens with zero attached hydrogens (tertiary/aromatic N) is 6. The molecule has 0 spiro atoms. The summed E-state index contributed by atoms with van der Waals surface area (Å²) in [6.45, 7) is 1.03. The highest BCUT2D eigenvalue weighted by Gasteiger charge is 2.36. The molecule has 4 heterocycles. The molecular formula is C23H29F3N8O3. The number of piperidine rings is 1. The third kappa shape index (κ3) is 5.19. The van der Waals surface area contributed by atoms with Crippen molar-refractivity contribution in [2.45, 2.75) is 24.7 Å². The van der Waals surface area contributed by atoms with Gasteiger partial charge in [0, 0.05) is 54.6 Å². The van der Waals surface area contributed by atoms with Crippen LogP contribution in [0.25, 0.3) is 11.0 Å². The topological polar surface area (TPSA) is 112 Å². The lowest BCUT2D eigenvalue weighted by Gasteiger charge is -2.42. The number of rotatable bonds is 5. The third-order valence-electron chi connectivity index (χ3n) is 6.57. The predicted molar refractivity (Wildman–Crippen MR) is 133 cm³/mol. The predicted octanol–water partition coefficient (Wildman–Crippen LogP) is 2.50. The number of hydrogen-bond acceptors (Lipinski definition) is 7. The summed E-state index contributed by atoms with van der Waals surface area (Å²) < 4.78 is 46.1. The Morgan fingerprint density at radius 3 is 2.65 bits per heavy atom. The van der Waals surface area contributed by atoms with Crippen LogP contribution in [0.4, 0.5) is 35.2 Å². The van der Waals surface area contributed by atoms with Crippen molar-refractivity contribution < 1.29 is 22.7 Å². The van der Waals surface area contributed by atoms with Gasteiger partial charge in [0.05, 0.1) is 35.0 Å². The second kappa shape index (κ2) is 9.92. The first-order valence-corrected chi connectivity index (χ1v) is 11.5. The molecule has 0 unspecified atom stereocenters. The highest BCUT2D eigenvalue weighted by atomic mass is 19.4. The number of nitrogens with one attached hydrogen (secondary N) is 2. The van der Waals surface area contributed by atoms with Crippen LogP contribution >= 0.6 is 0 Å². The van der Waals surface area contributed by atoms with Gasteiger partial charge in [-0.25, -0.2) is 9.78 Å². The van der Waals surface area contributed by atoms with E-state index in [0.29, 0.717) is 37.4 Å². The van der Waals surface area contributed by atoms with Crippen LogP contribution in [0.3, 0.4) is 0 Å². The number of aromatic nitrogens is 4. The summed E-state index contributed by atoms with van der Waals surface area (Å²) in [6, 6.07) is 1.56. The summed E-state index contributed by atoms with van der Waals surface area (Å²) in [4.78, 5) is 35.1. The monoisotopic (exact) mass is 522 g/mol. The number of aromatic amines is 1. The van der Waals surface area contributed by atoms with Crippen molar-refractivity contribution in [2.75, 3.05) is 56.5 Å². The largest absolute Gasteiger partial charge is 0.417 e. The van der Waals surface area contributed by atoms with E-state index >= 15 is 0 Å². The van der Waals surface area contributed by atoms with E-state index in [-0.39, 0.29) is 6.04 Å². The number of amides is 2. The first-order chi connectivity index (χ1) is 17.4. The first-order valence-electron chi connectivity index (χ1n) is 11.5. The molecule has 200 valence electrons. The Morgan fingerprint density at radius 1 is 1.27 bits per heavy atom. The number of anilines is 3. The number of carbonyl (C=O) groups is 1. The number of urea groups is 1. The quantitative estimate of drug-likeness (QED) is 0.530. The molecular weight excluding hydrogens is 493 g/mol. The zero-order valence-corrected chi connectivity index (χ0v) is 21.1. The van der Waals surface area contributed by atoms with Crippen LogP contribution in [0.15, 0.2) is 29.3 Å². The lowest BCUT2D eigenvalue weighted by molar-refractivity contribution is -0.138. The van der Waals surface area contributed by atoms with Gasteiger partial charge in [0.2, 0.25) is 0 Å². The summed E-state index contributed by atoms with van der Waals surface area (Å²) in [7, 11) is 8.06. The molecule has 2 amide bonds. The van der Waals surface area contributed by atoms with Crippen molar-refractivity contribution >= 4 is 34.3 Å². The molecule has 4 rings (SSSR count). The van der Waals surface area contributed by atoms with Gasteiger partial charge < -0.3 is 29.3 Å². The number of hydrogen-bond donors (Lipinski definition) is 2. The van der Waals surface area contributed by atoms with E-state index < -0.39 is 35.1 Å². The number of alkyl halides is 3. The van der Waals surface area contributed by atoms with Gasteiger partial charge in [-0.3, -0.25) is 9.89 Å². The fraction of sp³-hybridized carbons (Fsp3) is 0.478. The molecule has 0 aliphatic carbocycles. The zero-order chi connectivity index (χ0) is 27.1. The second-order valence-electron chi connectivity index (χ2n) is 9.20. The Labute approximate surface area is 210 Å². The number of methoxy groups -OCH3 is 1. The van der Waals surface area contributed by atoms with Gasteiger partial charge >= 0.3 is 12.2 Å². The molecule has 0 aromatic carbocycles. The molecule has 1 fully saturated rings. The molecule has 3 aromatic rings. The Bertz CT molecular complexity index is 1350. The number of carbonyl (C=O) groups excluding carboxylic acids is 1. The lowest BCUT2D eigenvalue weighted by Crippen LogP contribution is -2.56. The van der Waals surface area contributed by atoms with E-state index in [2.05, 4.69) is 25.4 Å². The average molecular weight is 523 g/mol. The van der Waals surface area contributed by atoms with Gasteiger partial charge in [-0.2, -0.15) is 18.3 Å².